The molecule has 4 nitrogen and oxygen atoms in total. The van der Waals surface area contributed by atoms with Crippen molar-refractivity contribution in [3.8, 4) is 0 Å². The van der Waals surface area contributed by atoms with E-state index in [0.717, 1.165) is 12.8 Å². The molecule has 1 amide bonds. The molecule has 0 aromatic heterocycles. The molecule has 0 aromatic carbocycles. The van der Waals surface area contributed by atoms with Crippen LogP contribution >= 0.6 is 0 Å². The fourth-order valence-corrected chi connectivity index (χ4v) is 1.60. The highest BCUT2D eigenvalue weighted by molar-refractivity contribution is 5.83. The SMILES string of the molecule is COCCN(C(=O)[C@H](N)C(C)(C)C)C1CC1. The van der Waals surface area contributed by atoms with Crippen molar-refractivity contribution in [2.45, 2.75) is 45.7 Å². The topological polar surface area (TPSA) is 55.6 Å². The Morgan fingerprint density at radius 2 is 2.06 bits per heavy atom. The maximum absolute atomic E-state index is 12.2. The van der Waals surface area contributed by atoms with E-state index in [9.17, 15) is 4.79 Å². The monoisotopic (exact) mass is 228 g/mol. The minimum Gasteiger partial charge on any atom is -0.383 e. The maximum atomic E-state index is 12.2. The average molecular weight is 228 g/mol. The molecule has 1 aliphatic rings. The zero-order chi connectivity index (χ0) is 12.3. The molecule has 0 bridgehead atoms. The van der Waals surface area contributed by atoms with Gasteiger partial charge in [0.2, 0.25) is 5.91 Å². The maximum Gasteiger partial charge on any atom is 0.240 e. The lowest BCUT2D eigenvalue weighted by Gasteiger charge is -2.32. The van der Waals surface area contributed by atoms with Gasteiger partial charge in [-0.05, 0) is 18.3 Å². The molecule has 0 heterocycles. The summed E-state index contributed by atoms with van der Waals surface area (Å²) in [6.07, 6.45) is 2.21. The van der Waals surface area contributed by atoms with Crippen molar-refractivity contribution in [1.29, 1.82) is 0 Å². The van der Waals surface area contributed by atoms with Crippen LogP contribution in [-0.2, 0) is 9.53 Å². The normalized spacial score (nSPS) is 18.3. The fourth-order valence-electron chi connectivity index (χ4n) is 1.60. The number of methoxy groups -OCH3 is 1. The van der Waals surface area contributed by atoms with Gasteiger partial charge in [0.05, 0.1) is 12.6 Å². The van der Waals surface area contributed by atoms with Crippen LogP contribution in [0.3, 0.4) is 0 Å². The van der Waals surface area contributed by atoms with Crippen LogP contribution in [0.2, 0.25) is 0 Å². The van der Waals surface area contributed by atoms with E-state index in [0.29, 0.717) is 19.2 Å². The number of rotatable bonds is 5. The highest BCUT2D eigenvalue weighted by atomic mass is 16.5. The zero-order valence-electron chi connectivity index (χ0n) is 10.8. The molecule has 0 unspecified atom stereocenters. The molecular formula is C12H24N2O2. The molecule has 2 N–H and O–H groups in total. The molecule has 1 rings (SSSR count). The third-order valence-electron chi connectivity index (χ3n) is 3.01. The van der Waals surface area contributed by atoms with E-state index in [1.807, 2.05) is 25.7 Å². The summed E-state index contributed by atoms with van der Waals surface area (Å²) >= 11 is 0. The van der Waals surface area contributed by atoms with Crippen LogP contribution in [0, 0.1) is 5.41 Å². The Morgan fingerprint density at radius 1 is 1.50 bits per heavy atom. The Kier molecular flexibility index (Phi) is 4.33. The van der Waals surface area contributed by atoms with Gasteiger partial charge in [0.15, 0.2) is 0 Å². The van der Waals surface area contributed by atoms with E-state index in [1.54, 1.807) is 7.11 Å². The van der Waals surface area contributed by atoms with Crippen LogP contribution < -0.4 is 5.73 Å². The summed E-state index contributed by atoms with van der Waals surface area (Å²) in [6, 6.07) is -0.0268. The Labute approximate surface area is 98.1 Å². The fraction of sp³-hybridized carbons (Fsp3) is 0.917. The van der Waals surface area contributed by atoms with Gasteiger partial charge in [-0.25, -0.2) is 0 Å². The molecule has 0 aromatic rings. The second kappa shape index (κ2) is 5.15. The van der Waals surface area contributed by atoms with Crippen LogP contribution in [0.1, 0.15) is 33.6 Å². The third-order valence-corrected chi connectivity index (χ3v) is 3.01. The lowest BCUT2D eigenvalue weighted by Crippen LogP contribution is -2.51. The molecule has 1 atom stereocenters. The lowest BCUT2D eigenvalue weighted by molar-refractivity contribution is -0.136. The smallest absolute Gasteiger partial charge is 0.240 e. The summed E-state index contributed by atoms with van der Waals surface area (Å²) in [5, 5.41) is 0. The summed E-state index contributed by atoms with van der Waals surface area (Å²) in [5.41, 5.74) is 5.82. The van der Waals surface area contributed by atoms with Crippen LogP contribution in [-0.4, -0.2) is 43.2 Å². The number of nitrogens with zero attached hydrogens (tertiary/aromatic N) is 1. The highest BCUT2D eigenvalue weighted by Crippen LogP contribution is 2.29. The van der Waals surface area contributed by atoms with Crippen LogP contribution in [0.4, 0.5) is 0 Å². The van der Waals surface area contributed by atoms with E-state index in [4.69, 9.17) is 10.5 Å². The van der Waals surface area contributed by atoms with Gasteiger partial charge in [0.1, 0.15) is 0 Å². The molecular weight excluding hydrogens is 204 g/mol. The molecule has 16 heavy (non-hydrogen) atoms. The number of carbonyl (C=O) groups excluding carboxylic acids is 1. The minimum absolute atomic E-state index is 0.0621. The lowest BCUT2D eigenvalue weighted by atomic mass is 9.86. The quantitative estimate of drug-likeness (QED) is 0.763. The number of hydrogen-bond acceptors (Lipinski definition) is 3. The Hall–Kier alpha value is -0.610. The number of nitrogens with two attached hydrogens (primary N) is 1. The van der Waals surface area contributed by atoms with Crippen molar-refractivity contribution in [2.75, 3.05) is 20.3 Å². The molecule has 0 spiro atoms. The summed E-state index contributed by atoms with van der Waals surface area (Å²) in [6.45, 7) is 7.23. The first-order valence-electron chi connectivity index (χ1n) is 5.93. The first kappa shape index (κ1) is 13.5. The summed E-state index contributed by atoms with van der Waals surface area (Å²) in [4.78, 5) is 14.1. The van der Waals surface area contributed by atoms with Crippen molar-refractivity contribution in [1.82, 2.24) is 4.90 Å². The van der Waals surface area contributed by atoms with Gasteiger partial charge < -0.3 is 15.4 Å². The Bertz CT molecular complexity index is 244. The number of ether oxygens (including phenoxy) is 1. The average Bonchev–Trinajstić information content (AvgIpc) is 2.99. The van der Waals surface area contributed by atoms with Crippen molar-refractivity contribution in [3.63, 3.8) is 0 Å². The van der Waals surface area contributed by atoms with Crippen LogP contribution in [0.15, 0.2) is 0 Å². The van der Waals surface area contributed by atoms with Gasteiger partial charge in [-0.2, -0.15) is 0 Å². The Morgan fingerprint density at radius 3 is 2.44 bits per heavy atom. The number of hydrogen-bond donors (Lipinski definition) is 1. The zero-order valence-corrected chi connectivity index (χ0v) is 10.8. The van der Waals surface area contributed by atoms with E-state index in [-0.39, 0.29) is 11.3 Å². The van der Waals surface area contributed by atoms with Crippen molar-refractivity contribution >= 4 is 5.91 Å². The van der Waals surface area contributed by atoms with Crippen LogP contribution in [0.25, 0.3) is 0 Å². The summed E-state index contributed by atoms with van der Waals surface area (Å²) in [7, 11) is 1.65. The molecule has 1 fully saturated rings. The minimum atomic E-state index is -0.426. The molecule has 94 valence electrons. The molecule has 1 saturated carbocycles. The first-order chi connectivity index (χ1) is 7.38. The second-order valence-electron chi connectivity index (χ2n) is 5.60. The molecule has 4 heteroatoms. The molecule has 1 aliphatic carbocycles. The molecule has 0 radical (unpaired) electrons. The van der Waals surface area contributed by atoms with Crippen molar-refractivity contribution in [2.24, 2.45) is 11.1 Å². The van der Waals surface area contributed by atoms with E-state index >= 15 is 0 Å². The van der Waals surface area contributed by atoms with E-state index in [1.165, 1.54) is 0 Å². The molecule has 0 saturated heterocycles. The Balaban J connectivity index is 2.59. The van der Waals surface area contributed by atoms with E-state index in [2.05, 4.69) is 0 Å². The number of carbonyl (C=O) groups is 1. The second-order valence-corrected chi connectivity index (χ2v) is 5.60. The highest BCUT2D eigenvalue weighted by Gasteiger charge is 2.37. The van der Waals surface area contributed by atoms with Gasteiger partial charge in [-0.1, -0.05) is 20.8 Å². The number of amides is 1. The van der Waals surface area contributed by atoms with Gasteiger partial charge in [0, 0.05) is 19.7 Å². The predicted octanol–water partition coefficient (Wildman–Crippen LogP) is 0.997. The van der Waals surface area contributed by atoms with E-state index < -0.39 is 6.04 Å². The van der Waals surface area contributed by atoms with Gasteiger partial charge in [0.25, 0.3) is 0 Å². The largest absolute Gasteiger partial charge is 0.383 e. The molecule has 0 aliphatic heterocycles. The summed E-state index contributed by atoms with van der Waals surface area (Å²) in [5.74, 6) is 0.0621. The first-order valence-corrected chi connectivity index (χ1v) is 5.93. The predicted molar refractivity (Wildman–Crippen MR) is 64.0 cm³/mol. The van der Waals surface area contributed by atoms with Crippen LogP contribution in [0.5, 0.6) is 0 Å². The summed E-state index contributed by atoms with van der Waals surface area (Å²) < 4.78 is 5.03. The van der Waals surface area contributed by atoms with Gasteiger partial charge >= 0.3 is 0 Å². The van der Waals surface area contributed by atoms with Gasteiger partial charge in [-0.3, -0.25) is 4.79 Å². The van der Waals surface area contributed by atoms with Crippen molar-refractivity contribution in [3.05, 3.63) is 0 Å². The third kappa shape index (κ3) is 3.46. The van der Waals surface area contributed by atoms with Crippen molar-refractivity contribution < 1.29 is 9.53 Å². The van der Waals surface area contributed by atoms with Gasteiger partial charge in [-0.15, -0.1) is 0 Å². The standard InChI is InChI=1S/C12H24N2O2/c1-12(2,3)10(13)11(15)14(7-8-16-4)9-5-6-9/h9-10H,5-8,13H2,1-4H3/t10-/m0/s1.